The van der Waals surface area contributed by atoms with Crippen LogP contribution in [0.5, 0.6) is 0 Å². The average Bonchev–Trinajstić information content (AvgIpc) is 3.34. The van der Waals surface area contributed by atoms with Crippen LogP contribution in [0, 0.1) is 12.8 Å². The molecule has 3 heterocycles. The van der Waals surface area contributed by atoms with Crippen LogP contribution in [0.3, 0.4) is 0 Å². The summed E-state index contributed by atoms with van der Waals surface area (Å²) in [6, 6.07) is 6.21. The molecule has 2 aliphatic rings. The third-order valence-corrected chi connectivity index (χ3v) is 7.84. The minimum atomic E-state index is -3.59. The van der Waals surface area contributed by atoms with Crippen LogP contribution in [0.15, 0.2) is 35.4 Å². The van der Waals surface area contributed by atoms with E-state index in [1.807, 2.05) is 6.92 Å². The first-order valence-corrected chi connectivity index (χ1v) is 11.8. The maximum Gasteiger partial charge on any atom is 0.243 e. The van der Waals surface area contributed by atoms with E-state index in [0.29, 0.717) is 37.1 Å². The van der Waals surface area contributed by atoms with Gasteiger partial charge in [0.1, 0.15) is 0 Å². The molecule has 11 heteroatoms. The van der Waals surface area contributed by atoms with Gasteiger partial charge in [0, 0.05) is 42.8 Å². The van der Waals surface area contributed by atoms with Gasteiger partial charge < -0.3 is 15.0 Å². The highest BCUT2D eigenvalue weighted by Crippen LogP contribution is 2.28. The first-order chi connectivity index (χ1) is 14.3. The number of anilines is 2. The Kier molecular flexibility index (Phi) is 5.87. The van der Waals surface area contributed by atoms with Crippen LogP contribution in [0.1, 0.15) is 11.3 Å². The molecule has 0 radical (unpaired) electrons. The molecule has 1 N–H and O–H groups in total. The highest BCUT2D eigenvalue weighted by Gasteiger charge is 2.35. The second-order valence-corrected chi connectivity index (χ2v) is 10.4. The Hall–Kier alpha value is -2.34. The number of thiazole rings is 1. The minimum Gasteiger partial charge on any atom is -0.379 e. The van der Waals surface area contributed by atoms with Gasteiger partial charge >= 0.3 is 0 Å². The van der Waals surface area contributed by atoms with Crippen LogP contribution < -0.4 is 10.2 Å². The highest BCUT2D eigenvalue weighted by atomic mass is 32.2. The van der Waals surface area contributed by atoms with Crippen molar-refractivity contribution in [2.24, 2.45) is 5.92 Å². The van der Waals surface area contributed by atoms with E-state index in [0.717, 1.165) is 4.88 Å². The van der Waals surface area contributed by atoms with Gasteiger partial charge in [-0.15, -0.1) is 11.3 Å². The van der Waals surface area contributed by atoms with Gasteiger partial charge in [0.2, 0.25) is 21.8 Å². The van der Waals surface area contributed by atoms with Crippen LogP contribution in [-0.4, -0.2) is 62.4 Å². The van der Waals surface area contributed by atoms with Crippen LogP contribution in [0.4, 0.5) is 10.8 Å². The number of morpholine rings is 1. The molecule has 2 aliphatic heterocycles. The number of aromatic nitrogens is 1. The number of hydrogen-bond acceptors (Lipinski definition) is 7. The Labute approximate surface area is 178 Å². The van der Waals surface area contributed by atoms with Crippen molar-refractivity contribution in [1.82, 2.24) is 9.29 Å². The second-order valence-electron chi connectivity index (χ2n) is 7.18. The smallest absolute Gasteiger partial charge is 0.243 e. The number of benzene rings is 1. The molecular formula is C19H22N4O5S2. The van der Waals surface area contributed by atoms with Gasteiger partial charge in [-0.3, -0.25) is 9.59 Å². The van der Waals surface area contributed by atoms with Gasteiger partial charge in [-0.05, 0) is 31.2 Å². The number of nitrogens with zero attached hydrogens (tertiary/aromatic N) is 3. The lowest BCUT2D eigenvalue weighted by molar-refractivity contribution is -0.122. The van der Waals surface area contributed by atoms with Crippen molar-refractivity contribution in [3.05, 3.63) is 35.3 Å². The molecule has 0 unspecified atom stereocenters. The zero-order chi connectivity index (χ0) is 21.3. The van der Waals surface area contributed by atoms with E-state index in [1.54, 1.807) is 18.3 Å². The molecule has 0 aliphatic carbocycles. The largest absolute Gasteiger partial charge is 0.379 e. The van der Waals surface area contributed by atoms with Gasteiger partial charge in [-0.1, -0.05) is 0 Å². The molecule has 2 saturated heterocycles. The van der Waals surface area contributed by atoms with Crippen molar-refractivity contribution in [3.8, 4) is 0 Å². The lowest BCUT2D eigenvalue weighted by Gasteiger charge is -2.26. The van der Waals surface area contributed by atoms with E-state index >= 15 is 0 Å². The molecule has 160 valence electrons. The van der Waals surface area contributed by atoms with Crippen molar-refractivity contribution < 1.29 is 22.7 Å². The Morgan fingerprint density at radius 3 is 2.57 bits per heavy atom. The van der Waals surface area contributed by atoms with E-state index in [-0.39, 0.29) is 29.7 Å². The van der Waals surface area contributed by atoms with Crippen LogP contribution in [0.25, 0.3) is 0 Å². The summed E-state index contributed by atoms with van der Waals surface area (Å²) < 4.78 is 32.1. The predicted molar refractivity (Wildman–Crippen MR) is 112 cm³/mol. The number of nitrogens with one attached hydrogen (secondary N) is 1. The van der Waals surface area contributed by atoms with Crippen molar-refractivity contribution in [3.63, 3.8) is 0 Å². The number of amides is 2. The van der Waals surface area contributed by atoms with Crippen molar-refractivity contribution >= 4 is 44.0 Å². The lowest BCUT2D eigenvalue weighted by Crippen LogP contribution is -2.40. The number of carbonyl (C=O) groups excluding carboxylic acids is 2. The maximum absolute atomic E-state index is 12.7. The summed E-state index contributed by atoms with van der Waals surface area (Å²) in [7, 11) is -3.59. The number of sulfonamides is 1. The van der Waals surface area contributed by atoms with Gasteiger partial charge in [0.15, 0.2) is 5.13 Å². The summed E-state index contributed by atoms with van der Waals surface area (Å²) >= 11 is 1.38. The van der Waals surface area contributed by atoms with Crippen molar-refractivity contribution in [2.45, 2.75) is 18.2 Å². The van der Waals surface area contributed by atoms with Crippen LogP contribution in [0.2, 0.25) is 0 Å². The topological polar surface area (TPSA) is 109 Å². The molecule has 2 aromatic rings. The zero-order valence-corrected chi connectivity index (χ0v) is 18.0. The van der Waals surface area contributed by atoms with E-state index in [1.165, 1.54) is 32.7 Å². The molecule has 9 nitrogen and oxygen atoms in total. The fourth-order valence-electron chi connectivity index (χ4n) is 3.49. The monoisotopic (exact) mass is 450 g/mol. The standard InChI is InChI=1S/C19H22N4O5S2/c1-13-11-20-19(29-13)21-18(25)14-10-17(24)23(12-14)15-2-4-16(5-3-15)30(26,27)22-6-8-28-9-7-22/h2-5,11,14H,6-10,12H2,1H3,(H,20,21,25)/t14-/m1/s1. The molecular weight excluding hydrogens is 428 g/mol. The Balaban J connectivity index is 1.44. The second kappa shape index (κ2) is 8.42. The minimum absolute atomic E-state index is 0.101. The summed E-state index contributed by atoms with van der Waals surface area (Å²) in [5.41, 5.74) is 0.571. The van der Waals surface area contributed by atoms with Crippen LogP contribution in [-0.2, 0) is 24.3 Å². The van der Waals surface area contributed by atoms with Gasteiger partial charge in [-0.25, -0.2) is 13.4 Å². The van der Waals surface area contributed by atoms with Crippen molar-refractivity contribution in [1.29, 1.82) is 0 Å². The average molecular weight is 451 g/mol. The first-order valence-electron chi connectivity index (χ1n) is 9.56. The summed E-state index contributed by atoms with van der Waals surface area (Å²) in [4.78, 5) is 31.7. The molecule has 0 saturated carbocycles. The van der Waals surface area contributed by atoms with Crippen molar-refractivity contribution in [2.75, 3.05) is 43.1 Å². The molecule has 30 heavy (non-hydrogen) atoms. The third kappa shape index (κ3) is 4.24. The lowest BCUT2D eigenvalue weighted by atomic mass is 10.1. The SMILES string of the molecule is Cc1cnc(NC(=O)[C@@H]2CC(=O)N(c3ccc(S(=O)(=O)N4CCOCC4)cc3)C2)s1. The van der Waals surface area contributed by atoms with Gasteiger partial charge in [0.25, 0.3) is 0 Å². The Bertz CT molecular complexity index is 1050. The molecule has 2 amide bonds. The maximum atomic E-state index is 12.7. The summed E-state index contributed by atoms with van der Waals surface area (Å²) in [6.07, 6.45) is 1.78. The zero-order valence-electron chi connectivity index (χ0n) is 16.4. The molecule has 1 aromatic carbocycles. The first kappa shape index (κ1) is 20.9. The van der Waals surface area contributed by atoms with E-state index in [2.05, 4.69) is 10.3 Å². The van der Waals surface area contributed by atoms with Crippen LogP contribution >= 0.6 is 11.3 Å². The highest BCUT2D eigenvalue weighted by molar-refractivity contribution is 7.89. The molecule has 0 bridgehead atoms. The quantitative estimate of drug-likeness (QED) is 0.739. The van der Waals surface area contributed by atoms with E-state index < -0.39 is 15.9 Å². The van der Waals surface area contributed by atoms with E-state index in [4.69, 9.17) is 4.74 Å². The Morgan fingerprint density at radius 1 is 1.23 bits per heavy atom. The van der Waals surface area contributed by atoms with E-state index in [9.17, 15) is 18.0 Å². The molecule has 2 fully saturated rings. The molecule has 4 rings (SSSR count). The Morgan fingerprint density at radius 2 is 1.93 bits per heavy atom. The summed E-state index contributed by atoms with van der Waals surface area (Å²) in [5, 5.41) is 3.27. The van der Waals surface area contributed by atoms with Gasteiger partial charge in [-0.2, -0.15) is 4.31 Å². The predicted octanol–water partition coefficient (Wildman–Crippen LogP) is 1.46. The normalized spacial score (nSPS) is 20.5. The van der Waals surface area contributed by atoms with Gasteiger partial charge in [0.05, 0.1) is 24.0 Å². The number of carbonyl (C=O) groups is 2. The molecule has 1 atom stereocenters. The third-order valence-electron chi connectivity index (χ3n) is 5.10. The number of aryl methyl sites for hydroxylation is 1. The summed E-state index contributed by atoms with van der Waals surface area (Å²) in [6.45, 7) is 3.54. The fourth-order valence-corrected chi connectivity index (χ4v) is 5.56. The number of ether oxygens (including phenoxy) is 1. The molecule has 0 spiro atoms. The number of rotatable bonds is 5. The molecule has 1 aromatic heterocycles. The summed E-state index contributed by atoms with van der Waals surface area (Å²) in [5.74, 6) is -0.903. The number of hydrogen-bond donors (Lipinski definition) is 1. The fraction of sp³-hybridized carbons (Fsp3) is 0.421.